The molecule has 0 saturated heterocycles. The normalized spacial score (nSPS) is 11.8. The van der Waals surface area contributed by atoms with Crippen molar-refractivity contribution in [2.75, 3.05) is 11.1 Å². The summed E-state index contributed by atoms with van der Waals surface area (Å²) >= 11 is 1.17. The summed E-state index contributed by atoms with van der Waals surface area (Å²) < 4.78 is 5.64. The predicted octanol–water partition coefficient (Wildman–Crippen LogP) is 4.35. The van der Waals surface area contributed by atoms with E-state index in [-0.39, 0.29) is 23.4 Å². The van der Waals surface area contributed by atoms with Gasteiger partial charge in [-0.2, -0.15) is 0 Å². The van der Waals surface area contributed by atoms with Crippen LogP contribution in [0.1, 0.15) is 41.6 Å². The Morgan fingerprint density at radius 2 is 1.79 bits per heavy atom. The molecule has 2 aromatic carbocycles. The minimum atomic E-state index is -0.240. The Balaban J connectivity index is 1.53. The lowest BCUT2D eigenvalue weighted by atomic mass is 9.98. The van der Waals surface area contributed by atoms with Gasteiger partial charge in [0.25, 0.3) is 5.22 Å². The van der Waals surface area contributed by atoms with Gasteiger partial charge in [-0.25, -0.2) is 0 Å². The van der Waals surface area contributed by atoms with E-state index in [1.54, 1.807) is 24.3 Å². The van der Waals surface area contributed by atoms with Crippen molar-refractivity contribution in [2.24, 2.45) is 0 Å². The highest BCUT2D eigenvalue weighted by Crippen LogP contribution is 2.23. The van der Waals surface area contributed by atoms with E-state index in [9.17, 15) is 9.59 Å². The molecule has 1 amide bonds. The van der Waals surface area contributed by atoms with Crippen molar-refractivity contribution in [1.82, 2.24) is 10.2 Å². The molecule has 1 N–H and O–H groups in total. The van der Waals surface area contributed by atoms with Crippen molar-refractivity contribution in [3.8, 4) is 0 Å². The SMILES string of the molecule is CC(=O)c1ccccc1NC(=O)CSc1nnc(CC(C)c2ccccc2)o1. The molecule has 28 heavy (non-hydrogen) atoms. The number of para-hydroxylation sites is 1. The average Bonchev–Trinajstić information content (AvgIpc) is 3.14. The first-order chi connectivity index (χ1) is 13.5. The number of hydrogen-bond donors (Lipinski definition) is 1. The molecule has 1 atom stereocenters. The minimum Gasteiger partial charge on any atom is -0.416 e. The van der Waals surface area contributed by atoms with Gasteiger partial charge < -0.3 is 9.73 Å². The fraction of sp³-hybridized carbons (Fsp3) is 0.238. The van der Waals surface area contributed by atoms with Crippen LogP contribution in [0.25, 0.3) is 0 Å². The summed E-state index contributed by atoms with van der Waals surface area (Å²) in [6.45, 7) is 3.57. The van der Waals surface area contributed by atoms with Crippen LogP contribution in [0, 0.1) is 0 Å². The maximum Gasteiger partial charge on any atom is 0.277 e. The third kappa shape index (κ3) is 5.29. The van der Waals surface area contributed by atoms with Crippen LogP contribution in [0.3, 0.4) is 0 Å². The largest absolute Gasteiger partial charge is 0.416 e. The second-order valence-electron chi connectivity index (χ2n) is 6.42. The van der Waals surface area contributed by atoms with Crippen LogP contribution in [0.4, 0.5) is 5.69 Å². The number of aromatic nitrogens is 2. The maximum atomic E-state index is 12.2. The highest BCUT2D eigenvalue weighted by molar-refractivity contribution is 7.99. The second-order valence-corrected chi connectivity index (χ2v) is 7.34. The molecule has 3 aromatic rings. The van der Waals surface area contributed by atoms with E-state index in [1.165, 1.54) is 24.2 Å². The van der Waals surface area contributed by atoms with E-state index in [4.69, 9.17) is 4.42 Å². The van der Waals surface area contributed by atoms with Gasteiger partial charge in [0.15, 0.2) is 5.78 Å². The van der Waals surface area contributed by atoms with Crippen molar-refractivity contribution in [3.05, 3.63) is 71.6 Å². The molecule has 0 radical (unpaired) electrons. The molecule has 0 saturated carbocycles. The Bertz CT molecular complexity index is 956. The van der Waals surface area contributed by atoms with Gasteiger partial charge in [0.1, 0.15) is 0 Å². The van der Waals surface area contributed by atoms with E-state index in [0.717, 1.165) is 0 Å². The number of carbonyl (C=O) groups excluding carboxylic acids is 2. The number of nitrogens with one attached hydrogen (secondary N) is 1. The van der Waals surface area contributed by atoms with Crippen LogP contribution in [-0.4, -0.2) is 27.6 Å². The van der Waals surface area contributed by atoms with Gasteiger partial charge in [-0.05, 0) is 30.5 Å². The minimum absolute atomic E-state index is 0.0994. The Morgan fingerprint density at radius 3 is 2.54 bits per heavy atom. The predicted molar refractivity (Wildman–Crippen MR) is 109 cm³/mol. The first-order valence-electron chi connectivity index (χ1n) is 8.93. The van der Waals surface area contributed by atoms with E-state index in [1.807, 2.05) is 18.2 Å². The first-order valence-corrected chi connectivity index (χ1v) is 9.91. The molecule has 0 bridgehead atoms. The molecule has 1 unspecified atom stereocenters. The number of hydrogen-bond acceptors (Lipinski definition) is 6. The fourth-order valence-corrected chi connectivity index (χ4v) is 3.33. The number of thioether (sulfide) groups is 1. The molecular formula is C21H21N3O3S. The van der Waals surface area contributed by atoms with Crippen LogP contribution < -0.4 is 5.32 Å². The molecule has 144 valence electrons. The molecule has 0 fully saturated rings. The van der Waals surface area contributed by atoms with Crippen molar-refractivity contribution in [1.29, 1.82) is 0 Å². The highest BCUT2D eigenvalue weighted by Gasteiger charge is 2.15. The number of benzene rings is 2. The topological polar surface area (TPSA) is 85.1 Å². The van der Waals surface area contributed by atoms with Crippen molar-refractivity contribution >= 4 is 29.1 Å². The van der Waals surface area contributed by atoms with Gasteiger partial charge in [-0.15, -0.1) is 10.2 Å². The molecule has 3 rings (SSSR count). The Kier molecular flexibility index (Phi) is 6.60. The maximum absolute atomic E-state index is 12.2. The van der Waals surface area contributed by atoms with Crippen molar-refractivity contribution < 1.29 is 14.0 Å². The summed E-state index contributed by atoms with van der Waals surface area (Å²) in [5.41, 5.74) is 2.19. The van der Waals surface area contributed by atoms with E-state index >= 15 is 0 Å². The summed E-state index contributed by atoms with van der Waals surface area (Å²) in [5, 5.41) is 11.2. The third-order valence-corrected chi connectivity index (χ3v) is 5.02. The highest BCUT2D eigenvalue weighted by atomic mass is 32.2. The summed E-state index contributed by atoms with van der Waals surface area (Å²) in [6, 6.07) is 17.0. The molecule has 0 spiro atoms. The Morgan fingerprint density at radius 1 is 1.07 bits per heavy atom. The number of nitrogens with zero attached hydrogens (tertiary/aromatic N) is 2. The molecule has 0 aliphatic heterocycles. The lowest BCUT2D eigenvalue weighted by molar-refractivity contribution is -0.113. The molecule has 7 heteroatoms. The zero-order valence-corrected chi connectivity index (χ0v) is 16.5. The van der Waals surface area contributed by atoms with Gasteiger partial charge in [0.05, 0.1) is 11.4 Å². The molecule has 0 aliphatic rings. The summed E-state index contributed by atoms with van der Waals surface area (Å²) in [6.07, 6.45) is 0.635. The zero-order chi connectivity index (χ0) is 19.9. The smallest absolute Gasteiger partial charge is 0.277 e. The molecule has 1 aromatic heterocycles. The summed E-state index contributed by atoms with van der Waals surface area (Å²) in [5.74, 6) is 0.572. The van der Waals surface area contributed by atoms with Gasteiger partial charge in [0.2, 0.25) is 11.8 Å². The number of amides is 1. The van der Waals surface area contributed by atoms with Crippen LogP contribution in [-0.2, 0) is 11.2 Å². The van der Waals surface area contributed by atoms with Crippen LogP contribution in [0.5, 0.6) is 0 Å². The number of carbonyl (C=O) groups is 2. The second kappa shape index (κ2) is 9.32. The average molecular weight is 395 g/mol. The van der Waals surface area contributed by atoms with Crippen LogP contribution in [0.2, 0.25) is 0 Å². The molecule has 0 aliphatic carbocycles. The monoisotopic (exact) mass is 395 g/mol. The van der Waals surface area contributed by atoms with Crippen molar-refractivity contribution in [2.45, 2.75) is 31.4 Å². The molecule has 6 nitrogen and oxygen atoms in total. The molecule has 1 heterocycles. The van der Waals surface area contributed by atoms with E-state index < -0.39 is 0 Å². The van der Waals surface area contributed by atoms with Gasteiger partial charge in [-0.3, -0.25) is 9.59 Å². The summed E-state index contributed by atoms with van der Waals surface area (Å²) in [7, 11) is 0. The quantitative estimate of drug-likeness (QED) is 0.451. The fourth-order valence-electron chi connectivity index (χ4n) is 2.75. The molecular weight excluding hydrogens is 374 g/mol. The lowest BCUT2D eigenvalue weighted by Gasteiger charge is -2.08. The summed E-state index contributed by atoms with van der Waals surface area (Å²) in [4.78, 5) is 23.8. The van der Waals surface area contributed by atoms with Crippen LogP contribution >= 0.6 is 11.8 Å². The zero-order valence-electron chi connectivity index (χ0n) is 15.7. The number of ketones is 1. The first kappa shape index (κ1) is 19.8. The lowest BCUT2D eigenvalue weighted by Crippen LogP contribution is -2.16. The van der Waals surface area contributed by atoms with Gasteiger partial charge in [0, 0.05) is 12.0 Å². The Hall–Kier alpha value is -2.93. The number of rotatable bonds is 8. The van der Waals surface area contributed by atoms with E-state index in [0.29, 0.717) is 28.8 Å². The third-order valence-electron chi connectivity index (χ3n) is 4.20. The standard InChI is InChI=1S/C21H21N3O3S/c1-14(16-8-4-3-5-9-16)12-20-23-24-21(27-20)28-13-19(26)22-18-11-7-6-10-17(18)15(2)25/h3-11,14H,12-13H2,1-2H3,(H,22,26). The van der Waals surface area contributed by atoms with Gasteiger partial charge in [-0.1, -0.05) is 61.2 Å². The number of anilines is 1. The van der Waals surface area contributed by atoms with Crippen LogP contribution in [0.15, 0.2) is 64.2 Å². The van der Waals surface area contributed by atoms with Crippen molar-refractivity contribution in [3.63, 3.8) is 0 Å². The van der Waals surface area contributed by atoms with Gasteiger partial charge >= 0.3 is 0 Å². The van der Waals surface area contributed by atoms with E-state index in [2.05, 4.69) is 34.6 Å². The number of Topliss-reactive ketones (excluding diaryl/α,β-unsaturated/α-hetero) is 1. The Labute approximate surface area is 167 Å².